The van der Waals surface area contributed by atoms with Gasteiger partial charge in [0.15, 0.2) is 6.10 Å². The van der Waals surface area contributed by atoms with E-state index in [2.05, 4.69) is 5.32 Å². The van der Waals surface area contributed by atoms with Crippen LogP contribution in [0.3, 0.4) is 0 Å². The van der Waals surface area contributed by atoms with E-state index in [0.29, 0.717) is 22.1 Å². The average Bonchev–Trinajstić information content (AvgIpc) is 2.41. The number of ether oxygens (including phenoxy) is 1. The smallest absolute Gasteiger partial charge is 0.265 e. The van der Waals surface area contributed by atoms with Crippen LogP contribution in [0.5, 0.6) is 5.75 Å². The highest BCUT2D eigenvalue weighted by Crippen LogP contribution is 2.21. The molecule has 0 bridgehead atoms. The first-order valence-electron chi connectivity index (χ1n) is 6.55. The van der Waals surface area contributed by atoms with Crippen LogP contribution in [0.25, 0.3) is 0 Å². The molecule has 0 aliphatic rings. The normalized spacial score (nSPS) is 11.8. The van der Waals surface area contributed by atoms with Gasteiger partial charge in [-0.1, -0.05) is 23.7 Å². The number of hydrogen-bond donors (Lipinski definition) is 2. The fourth-order valence-corrected chi connectivity index (χ4v) is 2.01. The Hall–Kier alpha value is -2.20. The number of aryl methyl sites for hydroxylation is 1. The molecule has 1 amide bonds. The van der Waals surface area contributed by atoms with Gasteiger partial charge in [-0.05, 0) is 49.7 Å². The first-order valence-corrected chi connectivity index (χ1v) is 6.92. The Morgan fingerprint density at radius 3 is 2.71 bits per heavy atom. The predicted molar refractivity (Wildman–Crippen MR) is 85.8 cm³/mol. The molecule has 0 radical (unpaired) electrons. The van der Waals surface area contributed by atoms with Gasteiger partial charge in [0, 0.05) is 5.02 Å². The molecule has 0 saturated carbocycles. The van der Waals surface area contributed by atoms with E-state index in [1.165, 1.54) is 0 Å². The summed E-state index contributed by atoms with van der Waals surface area (Å²) in [5, 5.41) is 3.31. The summed E-state index contributed by atoms with van der Waals surface area (Å²) < 4.78 is 5.56. The number of amides is 1. The molecule has 5 heteroatoms. The Labute approximate surface area is 128 Å². The highest BCUT2D eigenvalue weighted by Gasteiger charge is 2.16. The van der Waals surface area contributed by atoms with Crippen molar-refractivity contribution in [1.29, 1.82) is 0 Å². The van der Waals surface area contributed by atoms with E-state index in [9.17, 15) is 4.79 Å². The number of benzene rings is 2. The Bertz CT molecular complexity index is 658. The number of carbonyl (C=O) groups is 1. The van der Waals surface area contributed by atoms with Crippen molar-refractivity contribution < 1.29 is 9.53 Å². The van der Waals surface area contributed by atoms with Crippen LogP contribution in [-0.4, -0.2) is 12.0 Å². The SMILES string of the molecule is Cc1ccc(NC(=O)C(C)Oc2cccc(Cl)c2)c(N)c1. The van der Waals surface area contributed by atoms with Gasteiger partial charge in [0.1, 0.15) is 5.75 Å². The standard InChI is InChI=1S/C16H17ClN2O2/c1-10-6-7-15(14(18)8-10)19-16(20)11(2)21-13-5-3-4-12(17)9-13/h3-9,11H,18H2,1-2H3,(H,19,20). The van der Waals surface area contributed by atoms with Crippen LogP contribution in [0.4, 0.5) is 11.4 Å². The summed E-state index contributed by atoms with van der Waals surface area (Å²) in [5.74, 6) is 0.271. The van der Waals surface area contributed by atoms with Gasteiger partial charge >= 0.3 is 0 Å². The van der Waals surface area contributed by atoms with Crippen molar-refractivity contribution in [3.63, 3.8) is 0 Å². The zero-order chi connectivity index (χ0) is 15.4. The summed E-state index contributed by atoms with van der Waals surface area (Å²) in [4.78, 5) is 12.1. The Balaban J connectivity index is 2.02. The molecule has 0 heterocycles. The van der Waals surface area contributed by atoms with Gasteiger partial charge in [-0.3, -0.25) is 4.79 Å². The Morgan fingerprint density at radius 1 is 1.29 bits per heavy atom. The maximum absolute atomic E-state index is 12.1. The second-order valence-electron chi connectivity index (χ2n) is 4.80. The molecular formula is C16H17ClN2O2. The fourth-order valence-electron chi connectivity index (χ4n) is 1.83. The van der Waals surface area contributed by atoms with Gasteiger partial charge in [0.2, 0.25) is 0 Å². The van der Waals surface area contributed by atoms with E-state index in [4.69, 9.17) is 22.1 Å². The van der Waals surface area contributed by atoms with Crippen LogP contribution in [0, 0.1) is 6.92 Å². The molecule has 2 aromatic carbocycles. The second-order valence-corrected chi connectivity index (χ2v) is 5.23. The second kappa shape index (κ2) is 6.50. The summed E-state index contributed by atoms with van der Waals surface area (Å²) in [6.45, 7) is 3.60. The van der Waals surface area contributed by atoms with E-state index in [1.807, 2.05) is 13.0 Å². The lowest BCUT2D eigenvalue weighted by molar-refractivity contribution is -0.122. The Kier molecular flexibility index (Phi) is 4.70. The van der Waals surface area contributed by atoms with E-state index in [0.717, 1.165) is 5.56 Å². The third kappa shape index (κ3) is 4.13. The lowest BCUT2D eigenvalue weighted by Crippen LogP contribution is -2.30. The first kappa shape index (κ1) is 15.2. The number of rotatable bonds is 4. The average molecular weight is 305 g/mol. The number of anilines is 2. The molecule has 0 saturated heterocycles. The molecule has 0 spiro atoms. The molecule has 1 unspecified atom stereocenters. The van der Waals surface area contributed by atoms with E-state index < -0.39 is 6.10 Å². The highest BCUT2D eigenvalue weighted by atomic mass is 35.5. The van der Waals surface area contributed by atoms with Crippen molar-refractivity contribution in [2.75, 3.05) is 11.1 Å². The van der Waals surface area contributed by atoms with Gasteiger partial charge in [-0.15, -0.1) is 0 Å². The minimum absolute atomic E-state index is 0.273. The van der Waals surface area contributed by atoms with E-state index in [-0.39, 0.29) is 5.91 Å². The zero-order valence-electron chi connectivity index (χ0n) is 11.9. The lowest BCUT2D eigenvalue weighted by Gasteiger charge is -2.16. The molecule has 0 aromatic heterocycles. The van der Waals surface area contributed by atoms with Crippen molar-refractivity contribution in [3.8, 4) is 5.75 Å². The number of nitrogens with two attached hydrogens (primary N) is 1. The molecule has 2 aromatic rings. The predicted octanol–water partition coefficient (Wildman–Crippen LogP) is 3.64. The molecule has 0 aliphatic heterocycles. The summed E-state index contributed by atoms with van der Waals surface area (Å²) in [6.07, 6.45) is -0.663. The van der Waals surface area contributed by atoms with Crippen molar-refractivity contribution in [1.82, 2.24) is 0 Å². The third-order valence-corrected chi connectivity index (χ3v) is 3.18. The van der Waals surface area contributed by atoms with E-state index in [1.54, 1.807) is 43.3 Å². The monoisotopic (exact) mass is 304 g/mol. The number of carbonyl (C=O) groups excluding carboxylic acids is 1. The zero-order valence-corrected chi connectivity index (χ0v) is 12.6. The highest BCUT2D eigenvalue weighted by molar-refractivity contribution is 6.30. The molecule has 2 rings (SSSR count). The topological polar surface area (TPSA) is 64.3 Å². The maximum atomic E-state index is 12.1. The van der Waals surface area contributed by atoms with Crippen molar-refractivity contribution in [3.05, 3.63) is 53.1 Å². The minimum atomic E-state index is -0.663. The fraction of sp³-hybridized carbons (Fsp3) is 0.188. The molecule has 4 nitrogen and oxygen atoms in total. The molecule has 0 aliphatic carbocycles. The first-order chi connectivity index (χ1) is 9.95. The minimum Gasteiger partial charge on any atom is -0.481 e. The molecule has 110 valence electrons. The van der Waals surface area contributed by atoms with Gasteiger partial charge in [-0.2, -0.15) is 0 Å². The van der Waals surface area contributed by atoms with Gasteiger partial charge in [0.25, 0.3) is 5.91 Å². The molecule has 1 atom stereocenters. The number of halogens is 1. The van der Waals surface area contributed by atoms with Gasteiger partial charge in [0.05, 0.1) is 11.4 Å². The number of hydrogen-bond acceptors (Lipinski definition) is 3. The quantitative estimate of drug-likeness (QED) is 0.848. The van der Waals surface area contributed by atoms with Crippen LogP contribution in [0.2, 0.25) is 5.02 Å². The van der Waals surface area contributed by atoms with Crippen molar-refractivity contribution >= 4 is 28.9 Å². The summed E-state index contributed by atoms with van der Waals surface area (Å²) in [6, 6.07) is 12.4. The number of nitrogens with one attached hydrogen (secondary N) is 1. The molecule has 0 fully saturated rings. The van der Waals surface area contributed by atoms with Gasteiger partial charge < -0.3 is 15.8 Å². The summed E-state index contributed by atoms with van der Waals surface area (Å²) in [7, 11) is 0. The molecular weight excluding hydrogens is 288 g/mol. The largest absolute Gasteiger partial charge is 0.481 e. The van der Waals surface area contributed by atoms with Crippen molar-refractivity contribution in [2.45, 2.75) is 20.0 Å². The summed E-state index contributed by atoms with van der Waals surface area (Å²) >= 11 is 5.88. The van der Waals surface area contributed by atoms with Crippen LogP contribution in [0.1, 0.15) is 12.5 Å². The lowest BCUT2D eigenvalue weighted by atomic mass is 10.2. The van der Waals surface area contributed by atoms with Crippen LogP contribution in [-0.2, 0) is 4.79 Å². The third-order valence-electron chi connectivity index (χ3n) is 2.94. The Morgan fingerprint density at radius 2 is 2.05 bits per heavy atom. The van der Waals surface area contributed by atoms with Crippen LogP contribution < -0.4 is 15.8 Å². The van der Waals surface area contributed by atoms with E-state index >= 15 is 0 Å². The molecule has 21 heavy (non-hydrogen) atoms. The van der Waals surface area contributed by atoms with Crippen molar-refractivity contribution in [2.24, 2.45) is 0 Å². The molecule has 3 N–H and O–H groups in total. The number of nitrogen functional groups attached to an aromatic ring is 1. The van der Waals surface area contributed by atoms with Gasteiger partial charge in [-0.25, -0.2) is 0 Å². The van der Waals surface area contributed by atoms with Crippen LogP contribution >= 0.6 is 11.6 Å². The van der Waals surface area contributed by atoms with Crippen LogP contribution in [0.15, 0.2) is 42.5 Å². The maximum Gasteiger partial charge on any atom is 0.265 e. The summed E-state index contributed by atoms with van der Waals surface area (Å²) in [5.41, 5.74) is 8.01.